The maximum absolute atomic E-state index is 10.8. The Balaban J connectivity index is 0. The van der Waals surface area contributed by atoms with Crippen molar-refractivity contribution in [3.8, 4) is 0 Å². The van der Waals surface area contributed by atoms with Crippen LogP contribution in [0.4, 0.5) is 0 Å². The molecule has 54 valence electrons. The molecule has 0 atom stereocenters. The van der Waals surface area contributed by atoms with Gasteiger partial charge in [-0.05, 0) is 26.7 Å². The van der Waals surface area contributed by atoms with E-state index in [1.54, 1.807) is 17.9 Å². The number of nitrogens with zero attached hydrogens (tertiary/aromatic N) is 1. The predicted octanol–water partition coefficient (Wildman–Crippen LogP) is -2.45. The van der Waals surface area contributed by atoms with Gasteiger partial charge in [0, 0.05) is 13.1 Å². The first-order valence-electron chi connectivity index (χ1n) is 3.34. The summed E-state index contributed by atoms with van der Waals surface area (Å²) in [5, 5.41) is 10.8. The van der Waals surface area contributed by atoms with Crippen LogP contribution in [0.1, 0.15) is 20.8 Å². The van der Waals surface area contributed by atoms with E-state index in [9.17, 15) is 5.11 Å². The van der Waals surface area contributed by atoms with E-state index < -0.39 is 0 Å². The van der Waals surface area contributed by atoms with Gasteiger partial charge in [0.2, 0.25) is 0 Å². The number of hydrogen-bond acceptors (Lipinski definition) is 2. The standard InChI is InChI=1S/C7H15NO.Li/c1-4-7(9)8(5-2)6-3;/h4,9H,5-6H2,1-3H3;/q;+1/p-1/b7-4-;. The Bertz CT molecular complexity index is 99.8. The summed E-state index contributed by atoms with van der Waals surface area (Å²) in [6, 6.07) is 0. The molecule has 0 aliphatic rings. The fourth-order valence-corrected chi connectivity index (χ4v) is 0.718. The molecule has 0 aromatic heterocycles. The minimum absolute atomic E-state index is 0. The first-order chi connectivity index (χ1) is 4.26. The van der Waals surface area contributed by atoms with E-state index in [1.807, 2.05) is 13.8 Å². The van der Waals surface area contributed by atoms with E-state index in [2.05, 4.69) is 0 Å². The van der Waals surface area contributed by atoms with E-state index in [0.717, 1.165) is 13.1 Å². The average molecular weight is 135 g/mol. The van der Waals surface area contributed by atoms with Crippen molar-refractivity contribution in [2.75, 3.05) is 13.1 Å². The molecule has 0 N–H and O–H groups in total. The largest absolute Gasteiger partial charge is 1.00 e. The third kappa shape index (κ3) is 3.87. The van der Waals surface area contributed by atoms with Crippen LogP contribution >= 0.6 is 0 Å². The van der Waals surface area contributed by atoms with Crippen molar-refractivity contribution >= 4 is 0 Å². The molecule has 0 aliphatic heterocycles. The van der Waals surface area contributed by atoms with E-state index in [4.69, 9.17) is 0 Å². The third-order valence-corrected chi connectivity index (χ3v) is 1.32. The molecule has 0 amide bonds. The molecule has 2 nitrogen and oxygen atoms in total. The van der Waals surface area contributed by atoms with E-state index in [1.165, 1.54) is 0 Å². The van der Waals surface area contributed by atoms with Crippen LogP contribution in [0.25, 0.3) is 0 Å². The minimum atomic E-state index is 0. The van der Waals surface area contributed by atoms with Crippen molar-refractivity contribution < 1.29 is 24.0 Å². The first kappa shape index (κ1) is 12.6. The topological polar surface area (TPSA) is 26.3 Å². The number of allylic oxidation sites excluding steroid dienone is 1. The monoisotopic (exact) mass is 135 g/mol. The van der Waals surface area contributed by atoms with Gasteiger partial charge >= 0.3 is 18.9 Å². The summed E-state index contributed by atoms with van der Waals surface area (Å²) >= 11 is 0. The van der Waals surface area contributed by atoms with Gasteiger partial charge in [-0.3, -0.25) is 0 Å². The van der Waals surface area contributed by atoms with Crippen LogP contribution < -0.4 is 24.0 Å². The molecular weight excluding hydrogens is 121 g/mol. The molecule has 0 saturated carbocycles. The van der Waals surface area contributed by atoms with Crippen LogP contribution in [0.2, 0.25) is 0 Å². The zero-order valence-corrected chi connectivity index (χ0v) is 7.35. The van der Waals surface area contributed by atoms with Gasteiger partial charge in [-0.25, -0.2) is 0 Å². The molecule has 0 aliphatic carbocycles. The molecule has 0 spiro atoms. The molecule has 10 heavy (non-hydrogen) atoms. The van der Waals surface area contributed by atoms with Crippen LogP contribution in [0.15, 0.2) is 12.0 Å². The molecule has 0 aromatic carbocycles. The summed E-state index contributed by atoms with van der Waals surface area (Å²) in [7, 11) is 0. The zero-order valence-electron chi connectivity index (χ0n) is 7.35. The Hall–Kier alpha value is -0.0626. The van der Waals surface area contributed by atoms with E-state index in [0.29, 0.717) is 0 Å². The molecule has 3 heteroatoms. The van der Waals surface area contributed by atoms with Crippen molar-refractivity contribution in [1.29, 1.82) is 0 Å². The Morgan fingerprint density at radius 2 is 1.80 bits per heavy atom. The van der Waals surface area contributed by atoms with Gasteiger partial charge in [-0.1, -0.05) is 6.08 Å². The predicted molar refractivity (Wildman–Crippen MR) is 36.7 cm³/mol. The Morgan fingerprint density at radius 1 is 1.40 bits per heavy atom. The second-order valence-corrected chi connectivity index (χ2v) is 1.80. The number of hydrogen-bond donors (Lipinski definition) is 0. The van der Waals surface area contributed by atoms with Crippen LogP contribution in [0.5, 0.6) is 0 Å². The van der Waals surface area contributed by atoms with Gasteiger partial charge in [0.05, 0.1) is 0 Å². The Morgan fingerprint density at radius 3 is 1.90 bits per heavy atom. The molecule has 0 rings (SSSR count). The molecule has 0 aromatic rings. The second kappa shape index (κ2) is 7.05. The minimum Gasteiger partial charge on any atom is -0.861 e. The molecule has 0 heterocycles. The summed E-state index contributed by atoms with van der Waals surface area (Å²) in [5.41, 5.74) is 0. The summed E-state index contributed by atoms with van der Waals surface area (Å²) in [4.78, 5) is 1.78. The molecule has 0 unspecified atom stereocenters. The summed E-state index contributed by atoms with van der Waals surface area (Å²) in [5.74, 6) is 0.125. The fraction of sp³-hybridized carbons (Fsp3) is 0.714. The van der Waals surface area contributed by atoms with Crippen LogP contribution in [0, 0.1) is 0 Å². The van der Waals surface area contributed by atoms with Crippen molar-refractivity contribution in [3.63, 3.8) is 0 Å². The average Bonchev–Trinajstić information content (AvgIpc) is 1.90. The fourth-order valence-electron chi connectivity index (χ4n) is 0.718. The first-order valence-corrected chi connectivity index (χ1v) is 3.34. The molecule has 0 saturated heterocycles. The number of rotatable bonds is 3. The van der Waals surface area contributed by atoms with Gasteiger partial charge in [0.15, 0.2) is 0 Å². The summed E-state index contributed by atoms with van der Waals surface area (Å²) < 4.78 is 0. The van der Waals surface area contributed by atoms with Crippen molar-refractivity contribution in [1.82, 2.24) is 4.90 Å². The van der Waals surface area contributed by atoms with Gasteiger partial charge in [0.25, 0.3) is 0 Å². The van der Waals surface area contributed by atoms with Crippen LogP contribution in [-0.4, -0.2) is 18.0 Å². The maximum atomic E-state index is 10.8. The van der Waals surface area contributed by atoms with E-state index >= 15 is 0 Å². The SMILES string of the molecule is C/C=C(\[O-])N(CC)CC.[Li+]. The van der Waals surface area contributed by atoms with Crippen LogP contribution in [-0.2, 0) is 0 Å². The van der Waals surface area contributed by atoms with Gasteiger partial charge in [-0.2, -0.15) is 0 Å². The quantitative estimate of drug-likeness (QED) is 0.317. The molecular formula is C7H14LiNO. The molecule has 0 bridgehead atoms. The van der Waals surface area contributed by atoms with Crippen molar-refractivity contribution in [2.45, 2.75) is 20.8 Å². The molecule has 0 radical (unpaired) electrons. The Labute approximate surface area is 75.1 Å². The van der Waals surface area contributed by atoms with Crippen LogP contribution in [0.3, 0.4) is 0 Å². The summed E-state index contributed by atoms with van der Waals surface area (Å²) in [6.07, 6.45) is 1.59. The van der Waals surface area contributed by atoms with Gasteiger partial charge in [-0.15, -0.1) is 0 Å². The third-order valence-electron chi connectivity index (χ3n) is 1.32. The molecule has 0 fully saturated rings. The smallest absolute Gasteiger partial charge is 0.861 e. The Kier molecular flexibility index (Phi) is 8.88. The van der Waals surface area contributed by atoms with Crippen molar-refractivity contribution in [3.05, 3.63) is 12.0 Å². The van der Waals surface area contributed by atoms with Gasteiger partial charge in [0.1, 0.15) is 0 Å². The van der Waals surface area contributed by atoms with Gasteiger partial charge < -0.3 is 10.0 Å². The van der Waals surface area contributed by atoms with Crippen molar-refractivity contribution in [2.24, 2.45) is 0 Å². The second-order valence-electron chi connectivity index (χ2n) is 1.80. The summed E-state index contributed by atoms with van der Waals surface area (Å²) in [6.45, 7) is 7.33. The normalized spacial score (nSPS) is 10.5. The van der Waals surface area contributed by atoms with E-state index in [-0.39, 0.29) is 24.7 Å². The maximum Gasteiger partial charge on any atom is 1.00 e. The zero-order chi connectivity index (χ0) is 7.28.